The molecule has 4 fully saturated rings. The van der Waals surface area contributed by atoms with Gasteiger partial charge in [0.15, 0.2) is 5.78 Å². The second kappa shape index (κ2) is 14.4. The number of hydrogen-bond donors (Lipinski definition) is 2. The monoisotopic (exact) mass is 823 g/mol. The number of aromatic nitrogens is 2. The Morgan fingerprint density at radius 2 is 1.71 bits per heavy atom. The molecule has 14 heteroatoms. The number of ketones is 1. The third kappa shape index (κ3) is 6.59. The van der Waals surface area contributed by atoms with Crippen LogP contribution < -0.4 is 15.0 Å². The number of carbonyl (C=O) groups is 3. The Morgan fingerprint density at radius 3 is 2.41 bits per heavy atom. The predicted octanol–water partition coefficient (Wildman–Crippen LogP) is 6.30. The van der Waals surface area contributed by atoms with E-state index in [9.17, 15) is 33.1 Å². The highest BCUT2D eigenvalue weighted by molar-refractivity contribution is 7.91. The van der Waals surface area contributed by atoms with Crippen LogP contribution in [0.5, 0.6) is 5.88 Å². The van der Waals surface area contributed by atoms with Gasteiger partial charge in [-0.2, -0.15) is 0 Å². The lowest BCUT2D eigenvalue weighted by atomic mass is 9.33. The zero-order valence-electron chi connectivity index (χ0n) is 35.3. The first-order valence-electron chi connectivity index (χ1n) is 21.0. The van der Waals surface area contributed by atoms with Gasteiger partial charge < -0.3 is 25.1 Å². The third-order valence-electron chi connectivity index (χ3n) is 16.5. The first-order chi connectivity index (χ1) is 27.0. The normalized spacial score (nSPS) is 37.2. The minimum absolute atomic E-state index is 0.0449. The molecule has 10 atom stereocenters. The average Bonchev–Trinajstić information content (AvgIpc) is 3.54. The van der Waals surface area contributed by atoms with Crippen LogP contribution in [0.2, 0.25) is 0 Å². The Kier molecular flexibility index (Phi) is 10.5. The molecule has 13 nitrogen and oxygen atoms in total. The van der Waals surface area contributed by atoms with Crippen LogP contribution in [0, 0.1) is 55.5 Å². The quantitative estimate of drug-likeness (QED) is 0.202. The summed E-state index contributed by atoms with van der Waals surface area (Å²) in [4.78, 5) is 41.1. The Balaban J connectivity index is 0.978. The number of nitrogens with one attached hydrogen (secondary N) is 1. The van der Waals surface area contributed by atoms with Crippen LogP contribution in [0.15, 0.2) is 56.5 Å². The van der Waals surface area contributed by atoms with E-state index in [1.54, 1.807) is 13.0 Å². The highest BCUT2D eigenvalue weighted by atomic mass is 32.2. The number of ether oxygens (including phenoxy) is 2. The highest BCUT2D eigenvalue weighted by Crippen LogP contribution is 2.75. The van der Waals surface area contributed by atoms with E-state index < -0.39 is 38.2 Å². The standard InChI is InChI=1S/C44H61N3O10S/c1-27(56-36-37(47(52)57-46-36)58(53,54)28-12-10-9-11-13-28)16-23-55-34(50)26-45-38(51)41(5)20-19-40(4)21-22-43(7)29(30(40)25-41)24-31(48)35-42(6)17-15-33(49)39(2,3)32(42)14-18-44(35,43)8/h9-13,24,27,30,32-33,35,49H,14-23,25-26H2,1-8H3,(H,45,51)/t27?,30-,32-,33-,35+,40+,41-,42-,43+,44+/m0/s1. The molecular weight excluding hydrogens is 763 g/mol. The summed E-state index contributed by atoms with van der Waals surface area (Å²) in [6.07, 6.45) is 8.63. The molecule has 4 saturated carbocycles. The van der Waals surface area contributed by atoms with E-state index >= 15 is 0 Å². The van der Waals surface area contributed by atoms with Crippen LogP contribution in [0.1, 0.15) is 120 Å². The van der Waals surface area contributed by atoms with Gasteiger partial charge in [-0.15, -0.1) is 0 Å². The lowest BCUT2D eigenvalue weighted by Gasteiger charge is -2.70. The SMILES string of the molecule is CC(CCOC(=O)CNC(=O)[C@@]1(C)CC[C@]2(C)CC[C@]3(C)C(=CC(=O)[C@@H]4[C@@]5(C)CC[C@H](O)C(C)(C)[C@@H]5CC[C@]43C)[C@@H]2C1)Oc1no[n+]([O-])c1S(=O)(=O)c1ccccc1. The lowest BCUT2D eigenvalue weighted by Crippen LogP contribution is -2.66. The van der Waals surface area contributed by atoms with E-state index in [2.05, 4.69) is 56.6 Å². The lowest BCUT2D eigenvalue weighted by molar-refractivity contribution is -0.832. The van der Waals surface area contributed by atoms with E-state index in [0.29, 0.717) is 19.3 Å². The molecule has 0 bridgehead atoms. The number of sulfone groups is 1. The fourth-order valence-corrected chi connectivity index (χ4v) is 13.9. The van der Waals surface area contributed by atoms with Crippen molar-refractivity contribution in [2.75, 3.05) is 13.2 Å². The first kappa shape index (κ1) is 42.3. The number of carbonyl (C=O) groups excluding carboxylic acids is 3. The van der Waals surface area contributed by atoms with Crippen LogP contribution in [0.4, 0.5) is 0 Å². The molecule has 1 heterocycles. The van der Waals surface area contributed by atoms with Crippen molar-refractivity contribution in [1.82, 2.24) is 10.5 Å². The Morgan fingerprint density at radius 1 is 1.02 bits per heavy atom. The number of hydrogen-bond acceptors (Lipinski definition) is 11. The zero-order valence-corrected chi connectivity index (χ0v) is 36.1. The van der Waals surface area contributed by atoms with Crippen molar-refractivity contribution in [3.8, 4) is 5.88 Å². The molecule has 318 valence electrons. The molecule has 58 heavy (non-hydrogen) atoms. The average molecular weight is 824 g/mol. The van der Waals surface area contributed by atoms with E-state index in [1.165, 1.54) is 29.8 Å². The molecule has 0 saturated heterocycles. The van der Waals surface area contributed by atoms with E-state index in [1.807, 2.05) is 13.0 Å². The zero-order chi connectivity index (χ0) is 42.3. The molecule has 5 aliphatic carbocycles. The number of benzene rings is 1. The highest BCUT2D eigenvalue weighted by Gasteiger charge is 2.70. The van der Waals surface area contributed by atoms with Crippen molar-refractivity contribution in [3.63, 3.8) is 0 Å². The summed E-state index contributed by atoms with van der Waals surface area (Å²) in [6, 6.07) is 7.36. The molecule has 1 unspecified atom stereocenters. The van der Waals surface area contributed by atoms with E-state index in [0.717, 1.165) is 38.5 Å². The Bertz CT molecular complexity index is 2100. The number of amides is 1. The maximum atomic E-state index is 14.6. The van der Waals surface area contributed by atoms with Crippen molar-refractivity contribution in [2.45, 2.75) is 142 Å². The topological polar surface area (TPSA) is 189 Å². The second-order valence-corrected chi connectivity index (χ2v) is 22.0. The maximum absolute atomic E-state index is 14.6. The van der Waals surface area contributed by atoms with Gasteiger partial charge in [0.25, 0.3) is 9.84 Å². The van der Waals surface area contributed by atoms with Gasteiger partial charge in [0.2, 0.25) is 5.91 Å². The first-order valence-corrected chi connectivity index (χ1v) is 22.5. The van der Waals surface area contributed by atoms with Crippen LogP contribution in [0.3, 0.4) is 0 Å². The van der Waals surface area contributed by atoms with Gasteiger partial charge in [-0.1, -0.05) is 72.2 Å². The predicted molar refractivity (Wildman–Crippen MR) is 211 cm³/mol. The van der Waals surface area contributed by atoms with Crippen LogP contribution in [0.25, 0.3) is 0 Å². The van der Waals surface area contributed by atoms with Crippen LogP contribution in [-0.4, -0.2) is 61.7 Å². The summed E-state index contributed by atoms with van der Waals surface area (Å²) in [7, 11) is -4.29. The van der Waals surface area contributed by atoms with Gasteiger partial charge in [-0.25, -0.2) is 8.42 Å². The second-order valence-electron chi connectivity index (χ2n) is 20.1. The summed E-state index contributed by atoms with van der Waals surface area (Å²) in [5.74, 6) is -0.961. The minimum atomic E-state index is -4.29. The van der Waals surface area contributed by atoms with E-state index in [-0.39, 0.29) is 92.0 Å². The number of rotatable bonds is 10. The molecule has 0 spiro atoms. The number of allylic oxidation sites excluding steroid dienone is 2. The van der Waals surface area contributed by atoms with Crippen molar-refractivity contribution in [2.24, 2.45) is 50.2 Å². The fourth-order valence-electron chi connectivity index (χ4n) is 12.6. The number of esters is 1. The number of aliphatic hydroxyl groups excluding tert-OH is 1. The third-order valence-corrected chi connectivity index (χ3v) is 18.2. The smallest absolute Gasteiger partial charge is 0.415 e. The minimum Gasteiger partial charge on any atom is -0.464 e. The molecule has 7 rings (SSSR count). The molecule has 1 aromatic heterocycles. The summed E-state index contributed by atoms with van der Waals surface area (Å²) in [6.45, 7) is 16.9. The van der Waals surface area contributed by atoms with Gasteiger partial charge in [0.1, 0.15) is 12.6 Å². The van der Waals surface area contributed by atoms with Crippen molar-refractivity contribution >= 4 is 27.5 Å². The summed E-state index contributed by atoms with van der Waals surface area (Å²) in [5.41, 5.74) is -0.500. The Labute approximate surface area is 342 Å². The molecule has 2 N–H and O–H groups in total. The van der Waals surface area contributed by atoms with Gasteiger partial charge in [0, 0.05) is 17.8 Å². The van der Waals surface area contributed by atoms with Crippen molar-refractivity contribution < 1.29 is 46.9 Å². The summed E-state index contributed by atoms with van der Waals surface area (Å²) < 4.78 is 41.7. The van der Waals surface area contributed by atoms with Gasteiger partial charge in [-0.05, 0) is 127 Å². The van der Waals surface area contributed by atoms with Gasteiger partial charge >= 0.3 is 16.9 Å². The number of fused-ring (bicyclic) bond motifs is 7. The van der Waals surface area contributed by atoms with Crippen molar-refractivity contribution in [1.29, 1.82) is 0 Å². The molecule has 0 aliphatic heterocycles. The van der Waals surface area contributed by atoms with E-state index in [4.69, 9.17) is 9.47 Å². The molecule has 5 aliphatic rings. The molecule has 0 radical (unpaired) electrons. The molecule has 1 amide bonds. The van der Waals surface area contributed by atoms with Crippen molar-refractivity contribution in [3.05, 3.63) is 47.2 Å². The van der Waals surface area contributed by atoms with Crippen LogP contribution >= 0.6 is 0 Å². The molecular formula is C44H61N3O10S. The van der Waals surface area contributed by atoms with Crippen LogP contribution in [-0.2, 0) is 29.0 Å². The Hall–Kier alpha value is -3.78. The largest absolute Gasteiger partial charge is 0.464 e. The maximum Gasteiger partial charge on any atom is 0.415 e. The van der Waals surface area contributed by atoms with Gasteiger partial charge in [0.05, 0.1) is 22.8 Å². The molecule has 2 aromatic rings. The number of nitrogens with zero attached hydrogens (tertiary/aromatic N) is 2. The molecule has 1 aromatic carbocycles. The number of aliphatic hydroxyl groups is 1. The summed E-state index contributed by atoms with van der Waals surface area (Å²) in [5, 5.41) is 28.8. The van der Waals surface area contributed by atoms with Gasteiger partial charge in [-0.3, -0.25) is 19.0 Å². The fraction of sp³-hybridized carbons (Fsp3) is 0.705. The summed E-state index contributed by atoms with van der Waals surface area (Å²) >= 11 is 0.